The minimum absolute atomic E-state index is 0.0139. The van der Waals surface area contributed by atoms with Crippen molar-refractivity contribution >= 4 is 23.2 Å². The zero-order valence-corrected chi connectivity index (χ0v) is 15.0. The van der Waals surface area contributed by atoms with Crippen molar-refractivity contribution < 1.29 is 19.4 Å². The van der Waals surface area contributed by atoms with Crippen LogP contribution in [0.1, 0.15) is 36.1 Å². The third-order valence-electron chi connectivity index (χ3n) is 5.65. The van der Waals surface area contributed by atoms with Crippen molar-refractivity contribution in [2.45, 2.75) is 31.6 Å². The predicted octanol–water partition coefficient (Wildman–Crippen LogP) is 1.82. The second kappa shape index (κ2) is 5.59. The van der Waals surface area contributed by atoms with Crippen LogP contribution in [0.3, 0.4) is 0 Å². The number of aldehydes is 1. The van der Waals surface area contributed by atoms with Crippen LogP contribution in [0.4, 0.5) is 0 Å². The molecule has 1 unspecified atom stereocenters. The molecule has 7 heteroatoms. The maximum atomic E-state index is 13.2. The number of ether oxygens (including phenoxy) is 1. The zero-order chi connectivity index (χ0) is 19.6. The molecular weight excluding hydrogens is 360 g/mol. The number of hydrogen-bond acceptors (Lipinski definition) is 6. The van der Waals surface area contributed by atoms with Crippen LogP contribution >= 0.6 is 0 Å². The molecule has 28 heavy (non-hydrogen) atoms. The summed E-state index contributed by atoms with van der Waals surface area (Å²) in [6, 6.07) is 11.2. The Balaban J connectivity index is 1.83. The lowest BCUT2D eigenvalue weighted by Gasteiger charge is -2.34. The number of nitrogens with zero attached hydrogens (tertiary/aromatic N) is 2. The summed E-state index contributed by atoms with van der Waals surface area (Å²) in [6.45, 7) is 1.93. The smallest absolute Gasteiger partial charge is 0.343 e. The van der Waals surface area contributed by atoms with Gasteiger partial charge in [0.1, 0.15) is 0 Å². The fraction of sp³-hybridized carbons (Fsp3) is 0.238. The van der Waals surface area contributed by atoms with Gasteiger partial charge < -0.3 is 14.4 Å². The van der Waals surface area contributed by atoms with Crippen LogP contribution in [-0.2, 0) is 26.5 Å². The first-order valence-electron chi connectivity index (χ1n) is 9.04. The highest BCUT2D eigenvalue weighted by atomic mass is 16.6. The fourth-order valence-electron chi connectivity index (χ4n) is 4.12. The number of para-hydroxylation sites is 1. The standard InChI is InChI=1S/C21H16N2O5/c1-2-21(27)13-8-15-18-12(7-11-5-3-4-6-14(11)22-18)9-23(15)19(25)17(13)16(10-24)28-20(21)26/h3-8,10,16,27H,2,9H2,1H3/t16?,21-/m0/s1. The number of carbonyl (C=O) groups excluding carboxylic acids is 2. The van der Waals surface area contributed by atoms with Crippen LogP contribution in [0, 0.1) is 0 Å². The van der Waals surface area contributed by atoms with Gasteiger partial charge in [-0.1, -0.05) is 25.1 Å². The summed E-state index contributed by atoms with van der Waals surface area (Å²) in [7, 11) is 0. The molecule has 0 radical (unpaired) electrons. The van der Waals surface area contributed by atoms with Crippen molar-refractivity contribution in [2.24, 2.45) is 0 Å². The van der Waals surface area contributed by atoms with E-state index in [1.807, 2.05) is 30.3 Å². The van der Waals surface area contributed by atoms with E-state index in [2.05, 4.69) is 0 Å². The molecule has 0 fully saturated rings. The molecule has 0 spiro atoms. The summed E-state index contributed by atoms with van der Waals surface area (Å²) >= 11 is 0. The Labute approximate surface area is 159 Å². The highest BCUT2D eigenvalue weighted by Gasteiger charge is 2.48. The Kier molecular flexibility index (Phi) is 3.36. The average molecular weight is 376 g/mol. The Morgan fingerprint density at radius 2 is 2.11 bits per heavy atom. The van der Waals surface area contributed by atoms with Crippen LogP contribution in [0.25, 0.3) is 22.3 Å². The van der Waals surface area contributed by atoms with Crippen LogP contribution in [0.2, 0.25) is 0 Å². The molecule has 2 aromatic heterocycles. The summed E-state index contributed by atoms with van der Waals surface area (Å²) in [4.78, 5) is 41.7. The third kappa shape index (κ3) is 2.02. The van der Waals surface area contributed by atoms with Gasteiger partial charge in [0, 0.05) is 16.5 Å². The molecule has 2 atom stereocenters. The number of carbonyl (C=O) groups is 2. The molecule has 0 aliphatic carbocycles. The molecule has 0 saturated carbocycles. The Hall–Kier alpha value is -3.32. The maximum absolute atomic E-state index is 13.2. The van der Waals surface area contributed by atoms with Crippen molar-refractivity contribution in [2.75, 3.05) is 0 Å². The number of fused-ring (bicyclic) bond motifs is 5. The van der Waals surface area contributed by atoms with Crippen molar-refractivity contribution in [1.82, 2.24) is 9.55 Å². The molecule has 0 saturated heterocycles. The van der Waals surface area contributed by atoms with E-state index >= 15 is 0 Å². The van der Waals surface area contributed by atoms with Gasteiger partial charge >= 0.3 is 5.97 Å². The largest absolute Gasteiger partial charge is 0.447 e. The molecular formula is C21H16N2O5. The van der Waals surface area contributed by atoms with Crippen LogP contribution in [-0.4, -0.2) is 26.9 Å². The highest BCUT2D eigenvalue weighted by Crippen LogP contribution is 2.41. The van der Waals surface area contributed by atoms with E-state index in [0.717, 1.165) is 16.5 Å². The topological polar surface area (TPSA) is 98.5 Å². The van der Waals surface area contributed by atoms with Gasteiger partial charge in [0.2, 0.25) is 0 Å². The highest BCUT2D eigenvalue weighted by molar-refractivity contribution is 5.88. The van der Waals surface area contributed by atoms with E-state index in [4.69, 9.17) is 9.72 Å². The Morgan fingerprint density at radius 1 is 1.32 bits per heavy atom. The molecule has 1 N–H and O–H groups in total. The first-order chi connectivity index (χ1) is 13.5. The second-order valence-electron chi connectivity index (χ2n) is 7.11. The molecule has 2 aliphatic heterocycles. The van der Waals surface area contributed by atoms with Gasteiger partial charge in [0.05, 0.1) is 29.0 Å². The fourth-order valence-corrected chi connectivity index (χ4v) is 4.12. The molecule has 1 aromatic carbocycles. The first kappa shape index (κ1) is 16.8. The van der Waals surface area contributed by atoms with Gasteiger partial charge in [0.25, 0.3) is 5.56 Å². The first-order valence-corrected chi connectivity index (χ1v) is 9.04. The minimum atomic E-state index is -1.97. The zero-order valence-electron chi connectivity index (χ0n) is 15.0. The van der Waals surface area contributed by atoms with Gasteiger partial charge in [-0.25, -0.2) is 9.78 Å². The van der Waals surface area contributed by atoms with E-state index in [1.165, 1.54) is 4.57 Å². The minimum Gasteiger partial charge on any atom is -0.447 e. The van der Waals surface area contributed by atoms with Crippen molar-refractivity contribution in [3.05, 3.63) is 63.4 Å². The van der Waals surface area contributed by atoms with Gasteiger partial charge in [0.15, 0.2) is 18.0 Å². The number of aliphatic hydroxyl groups is 1. The lowest BCUT2D eigenvalue weighted by Crippen LogP contribution is -2.46. The van der Waals surface area contributed by atoms with Gasteiger partial charge in [-0.15, -0.1) is 0 Å². The normalized spacial score (nSPS) is 22.4. The quantitative estimate of drug-likeness (QED) is 0.423. The van der Waals surface area contributed by atoms with Crippen LogP contribution in [0.5, 0.6) is 0 Å². The second-order valence-corrected chi connectivity index (χ2v) is 7.11. The lowest BCUT2D eigenvalue weighted by molar-refractivity contribution is -0.178. The Bertz CT molecular complexity index is 1250. The van der Waals surface area contributed by atoms with E-state index < -0.39 is 23.2 Å². The Morgan fingerprint density at radius 3 is 2.86 bits per heavy atom. The molecule has 0 amide bonds. The van der Waals surface area contributed by atoms with Gasteiger partial charge in [-0.05, 0) is 24.6 Å². The van der Waals surface area contributed by atoms with Crippen molar-refractivity contribution in [3.8, 4) is 11.4 Å². The van der Waals surface area contributed by atoms with Crippen LogP contribution < -0.4 is 5.56 Å². The summed E-state index contributed by atoms with van der Waals surface area (Å²) in [5, 5.41) is 11.9. The molecule has 2 aliphatic rings. The predicted molar refractivity (Wildman–Crippen MR) is 99.6 cm³/mol. The van der Waals surface area contributed by atoms with E-state index in [1.54, 1.807) is 13.0 Å². The lowest BCUT2D eigenvalue weighted by atomic mass is 9.83. The van der Waals surface area contributed by atoms with E-state index in [-0.39, 0.29) is 17.5 Å². The maximum Gasteiger partial charge on any atom is 0.343 e. The SMILES string of the molecule is CC[C@@]1(O)C(=O)OC(C=O)c2c1cc1n(c2=O)Cc2cc3ccccc3nc2-1. The molecule has 4 heterocycles. The van der Waals surface area contributed by atoms with Crippen molar-refractivity contribution in [1.29, 1.82) is 0 Å². The number of hydrogen-bond donors (Lipinski definition) is 1. The van der Waals surface area contributed by atoms with E-state index in [9.17, 15) is 19.5 Å². The number of aromatic nitrogens is 2. The molecule has 0 bridgehead atoms. The number of pyridine rings is 2. The van der Waals surface area contributed by atoms with Gasteiger partial charge in [-0.3, -0.25) is 9.59 Å². The average Bonchev–Trinajstić information content (AvgIpc) is 3.07. The number of benzene rings is 1. The molecule has 7 nitrogen and oxygen atoms in total. The van der Waals surface area contributed by atoms with Gasteiger partial charge in [-0.2, -0.15) is 0 Å². The number of esters is 1. The summed E-state index contributed by atoms with van der Waals surface area (Å²) in [5.41, 5.74) is 0.537. The number of cyclic esters (lactones) is 1. The van der Waals surface area contributed by atoms with Crippen LogP contribution in [0.15, 0.2) is 41.2 Å². The third-order valence-corrected chi connectivity index (χ3v) is 5.65. The molecule has 5 rings (SSSR count). The molecule has 3 aromatic rings. The monoisotopic (exact) mass is 376 g/mol. The number of rotatable bonds is 2. The summed E-state index contributed by atoms with van der Waals surface area (Å²) in [5.74, 6) is -0.923. The van der Waals surface area contributed by atoms with E-state index in [0.29, 0.717) is 24.2 Å². The van der Waals surface area contributed by atoms with Crippen molar-refractivity contribution in [3.63, 3.8) is 0 Å². The summed E-state index contributed by atoms with van der Waals surface area (Å²) < 4.78 is 6.58. The molecule has 140 valence electrons. The summed E-state index contributed by atoms with van der Waals surface area (Å²) in [6.07, 6.45) is -0.893.